The molecule has 20 heavy (non-hydrogen) atoms. The van der Waals surface area contributed by atoms with Crippen molar-refractivity contribution >= 4 is 5.69 Å². The van der Waals surface area contributed by atoms with Crippen LogP contribution in [0.15, 0.2) is 12.3 Å². The van der Waals surface area contributed by atoms with E-state index in [2.05, 4.69) is 10.3 Å². The highest BCUT2D eigenvalue weighted by atomic mass is 19.4. The zero-order valence-corrected chi connectivity index (χ0v) is 10.3. The second-order valence-electron chi connectivity index (χ2n) is 4.46. The van der Waals surface area contributed by atoms with Crippen molar-refractivity contribution in [2.75, 3.05) is 19.7 Å². The van der Waals surface area contributed by atoms with Crippen molar-refractivity contribution in [3.8, 4) is 5.75 Å². The first-order valence-electron chi connectivity index (χ1n) is 5.93. The third-order valence-electron chi connectivity index (χ3n) is 2.97. The fourth-order valence-electron chi connectivity index (χ4n) is 1.90. The number of alkyl halides is 3. The predicted octanol–water partition coefficient (Wildman–Crippen LogP) is 2.00. The van der Waals surface area contributed by atoms with Gasteiger partial charge in [-0.15, -0.1) is 0 Å². The van der Waals surface area contributed by atoms with Gasteiger partial charge < -0.3 is 10.1 Å². The number of nitrogens with zero attached hydrogens (tertiary/aromatic N) is 2. The second-order valence-corrected chi connectivity index (χ2v) is 4.46. The second kappa shape index (κ2) is 5.61. The molecule has 1 atom stereocenters. The van der Waals surface area contributed by atoms with Crippen molar-refractivity contribution in [2.24, 2.45) is 5.92 Å². The number of aromatic nitrogens is 1. The first kappa shape index (κ1) is 14.5. The molecule has 2 heterocycles. The molecule has 1 aliphatic heterocycles. The van der Waals surface area contributed by atoms with Gasteiger partial charge in [-0.2, -0.15) is 13.2 Å². The highest BCUT2D eigenvalue weighted by Crippen LogP contribution is 2.34. The Morgan fingerprint density at radius 3 is 2.85 bits per heavy atom. The van der Waals surface area contributed by atoms with Crippen molar-refractivity contribution in [2.45, 2.75) is 12.6 Å². The topological polar surface area (TPSA) is 77.3 Å². The van der Waals surface area contributed by atoms with E-state index in [0.29, 0.717) is 18.8 Å². The molecular formula is C11H12F3N3O3. The van der Waals surface area contributed by atoms with E-state index in [1.54, 1.807) is 0 Å². The van der Waals surface area contributed by atoms with Crippen molar-refractivity contribution in [1.29, 1.82) is 0 Å². The zero-order chi connectivity index (χ0) is 14.8. The van der Waals surface area contributed by atoms with Crippen molar-refractivity contribution in [3.05, 3.63) is 28.1 Å². The van der Waals surface area contributed by atoms with Crippen LogP contribution in [0.5, 0.6) is 5.75 Å². The van der Waals surface area contributed by atoms with Crippen LogP contribution < -0.4 is 10.1 Å². The van der Waals surface area contributed by atoms with Crippen LogP contribution in [0.3, 0.4) is 0 Å². The number of ether oxygens (including phenoxy) is 1. The summed E-state index contributed by atoms with van der Waals surface area (Å²) in [6.45, 7) is 1.63. The SMILES string of the molecule is O=[N+]([O-])c1cnc(C(F)(F)F)cc1OCC1CCNC1. The van der Waals surface area contributed by atoms with Gasteiger partial charge in [-0.05, 0) is 13.0 Å². The number of hydrogen-bond acceptors (Lipinski definition) is 5. The maximum absolute atomic E-state index is 12.5. The fraction of sp³-hybridized carbons (Fsp3) is 0.545. The molecule has 1 aliphatic rings. The van der Waals surface area contributed by atoms with E-state index in [4.69, 9.17) is 4.74 Å². The highest BCUT2D eigenvalue weighted by molar-refractivity contribution is 5.45. The van der Waals surface area contributed by atoms with Crippen LogP contribution in [0.25, 0.3) is 0 Å². The Kier molecular flexibility index (Phi) is 4.07. The summed E-state index contributed by atoms with van der Waals surface area (Å²) in [4.78, 5) is 13.0. The third kappa shape index (κ3) is 3.35. The van der Waals surface area contributed by atoms with Gasteiger partial charge in [0.25, 0.3) is 0 Å². The fourth-order valence-corrected chi connectivity index (χ4v) is 1.90. The van der Waals surface area contributed by atoms with E-state index in [1.807, 2.05) is 0 Å². The third-order valence-corrected chi connectivity index (χ3v) is 2.97. The smallest absolute Gasteiger partial charge is 0.433 e. The van der Waals surface area contributed by atoms with Crippen LogP contribution in [0.2, 0.25) is 0 Å². The zero-order valence-electron chi connectivity index (χ0n) is 10.3. The summed E-state index contributed by atoms with van der Waals surface area (Å²) in [5, 5.41) is 13.8. The molecular weight excluding hydrogens is 279 g/mol. The largest absolute Gasteiger partial charge is 0.486 e. The van der Waals surface area contributed by atoms with E-state index >= 15 is 0 Å². The highest BCUT2D eigenvalue weighted by Gasteiger charge is 2.35. The van der Waals surface area contributed by atoms with Gasteiger partial charge in [0.1, 0.15) is 11.9 Å². The summed E-state index contributed by atoms with van der Waals surface area (Å²) in [7, 11) is 0. The summed E-state index contributed by atoms with van der Waals surface area (Å²) in [5.74, 6) is -0.263. The quantitative estimate of drug-likeness (QED) is 0.678. The van der Waals surface area contributed by atoms with E-state index in [-0.39, 0.29) is 12.5 Å². The van der Waals surface area contributed by atoms with E-state index in [9.17, 15) is 23.3 Å². The van der Waals surface area contributed by atoms with Gasteiger partial charge in [0.15, 0.2) is 0 Å². The Morgan fingerprint density at radius 2 is 2.30 bits per heavy atom. The lowest BCUT2D eigenvalue weighted by Gasteiger charge is -2.12. The summed E-state index contributed by atoms with van der Waals surface area (Å²) in [6, 6.07) is 0.570. The number of nitro groups is 1. The molecule has 1 unspecified atom stereocenters. The van der Waals surface area contributed by atoms with Crippen molar-refractivity contribution in [3.63, 3.8) is 0 Å². The first-order valence-corrected chi connectivity index (χ1v) is 5.93. The summed E-state index contributed by atoms with van der Waals surface area (Å²) in [6.07, 6.45) is -3.27. The Labute approximate surface area is 112 Å². The molecule has 1 aromatic heterocycles. The normalized spacial score (nSPS) is 19.1. The maximum Gasteiger partial charge on any atom is 0.433 e. The van der Waals surface area contributed by atoms with Gasteiger partial charge in [0.05, 0.1) is 11.5 Å². The van der Waals surface area contributed by atoms with Gasteiger partial charge in [-0.1, -0.05) is 0 Å². The molecule has 1 N–H and O–H groups in total. The van der Waals surface area contributed by atoms with Crippen LogP contribution in [0, 0.1) is 16.0 Å². The predicted molar refractivity (Wildman–Crippen MR) is 62.4 cm³/mol. The molecule has 9 heteroatoms. The van der Waals surface area contributed by atoms with Crippen LogP contribution in [-0.2, 0) is 6.18 Å². The van der Waals surface area contributed by atoms with Crippen LogP contribution in [-0.4, -0.2) is 29.6 Å². The Bertz CT molecular complexity index is 501. The molecule has 1 fully saturated rings. The standard InChI is InChI=1S/C11H12F3N3O3/c12-11(13,14)10-3-9(8(5-16-10)17(18)19)20-6-7-1-2-15-4-7/h3,5,7,15H,1-2,4,6H2. The summed E-state index contributed by atoms with van der Waals surface area (Å²) >= 11 is 0. The van der Waals surface area contributed by atoms with Crippen LogP contribution in [0.4, 0.5) is 18.9 Å². The minimum absolute atomic E-state index is 0.134. The average molecular weight is 291 g/mol. The Morgan fingerprint density at radius 1 is 1.55 bits per heavy atom. The number of pyridine rings is 1. The van der Waals surface area contributed by atoms with E-state index in [0.717, 1.165) is 13.0 Å². The molecule has 0 aliphatic carbocycles. The first-order chi connectivity index (χ1) is 9.38. The number of rotatable bonds is 4. The summed E-state index contributed by atoms with van der Waals surface area (Å²) in [5.41, 5.74) is -1.77. The van der Waals surface area contributed by atoms with E-state index < -0.39 is 28.2 Å². The minimum atomic E-state index is -4.66. The lowest BCUT2D eigenvalue weighted by molar-refractivity contribution is -0.386. The molecule has 0 aromatic carbocycles. The molecule has 0 amide bonds. The van der Waals surface area contributed by atoms with Gasteiger partial charge in [0.2, 0.25) is 5.75 Å². The molecule has 110 valence electrons. The number of hydrogen-bond donors (Lipinski definition) is 1. The van der Waals surface area contributed by atoms with Gasteiger partial charge in [0, 0.05) is 18.5 Å². The molecule has 0 spiro atoms. The Hall–Kier alpha value is -1.90. The molecule has 0 bridgehead atoms. The van der Waals surface area contributed by atoms with Crippen LogP contribution >= 0.6 is 0 Å². The molecule has 2 rings (SSSR count). The number of halogens is 3. The van der Waals surface area contributed by atoms with Crippen molar-refractivity contribution in [1.82, 2.24) is 10.3 Å². The van der Waals surface area contributed by atoms with E-state index in [1.165, 1.54) is 0 Å². The lowest BCUT2D eigenvalue weighted by Crippen LogP contribution is -2.16. The summed E-state index contributed by atoms with van der Waals surface area (Å²) < 4.78 is 42.8. The monoisotopic (exact) mass is 291 g/mol. The van der Waals surface area contributed by atoms with Gasteiger partial charge in [-0.3, -0.25) is 10.1 Å². The van der Waals surface area contributed by atoms with Crippen molar-refractivity contribution < 1.29 is 22.8 Å². The maximum atomic E-state index is 12.5. The molecule has 0 saturated carbocycles. The molecule has 6 nitrogen and oxygen atoms in total. The number of nitrogens with one attached hydrogen (secondary N) is 1. The molecule has 1 aromatic rings. The van der Waals surface area contributed by atoms with Crippen LogP contribution in [0.1, 0.15) is 12.1 Å². The van der Waals surface area contributed by atoms with Gasteiger partial charge >= 0.3 is 11.9 Å². The molecule has 0 radical (unpaired) electrons. The van der Waals surface area contributed by atoms with Gasteiger partial charge in [-0.25, -0.2) is 4.98 Å². The molecule has 1 saturated heterocycles. The Balaban J connectivity index is 2.20. The lowest BCUT2D eigenvalue weighted by atomic mass is 10.1. The minimum Gasteiger partial charge on any atom is -0.486 e. The average Bonchev–Trinajstić information content (AvgIpc) is 2.87.